The summed E-state index contributed by atoms with van der Waals surface area (Å²) in [6.07, 6.45) is 4.42. The summed E-state index contributed by atoms with van der Waals surface area (Å²) in [4.78, 5) is 31.1. The summed E-state index contributed by atoms with van der Waals surface area (Å²) in [5.41, 5.74) is -1.78. The summed E-state index contributed by atoms with van der Waals surface area (Å²) < 4.78 is 3.86. The Morgan fingerprint density at radius 2 is 2.05 bits per heavy atom. The molecule has 21 heavy (non-hydrogen) atoms. The average Bonchev–Trinajstić information content (AvgIpc) is 2.40. The zero-order valence-electron chi connectivity index (χ0n) is 10.2. The number of benzene rings is 1. The minimum atomic E-state index is -0.986. The maximum atomic E-state index is 11.5. The molecule has 0 saturated carbocycles. The van der Waals surface area contributed by atoms with E-state index in [-0.39, 0.29) is 5.56 Å². The molecule has 0 fully saturated rings. The highest BCUT2D eigenvalue weighted by atomic mass is 127. The molecule has 1 rings (SSSR count). The monoisotopic (exact) mass is 406 g/mol. The van der Waals surface area contributed by atoms with Crippen LogP contribution in [0.2, 0.25) is 0 Å². The van der Waals surface area contributed by atoms with Crippen molar-refractivity contribution in [1.29, 1.82) is 0 Å². The third-order valence-electron chi connectivity index (χ3n) is 2.26. The number of alkyl halides is 1. The van der Waals surface area contributed by atoms with Crippen LogP contribution in [-0.2, 0) is 16.0 Å². The lowest BCUT2D eigenvalue weighted by Gasteiger charge is -2.07. The maximum absolute atomic E-state index is 11.5. The van der Waals surface area contributed by atoms with Crippen molar-refractivity contribution in [1.82, 2.24) is 0 Å². The number of non-ortho nitro benzene ring substituents is 1. The molecule has 1 N–H and O–H groups in total. The molecule has 10 heteroatoms. The predicted octanol–water partition coefficient (Wildman–Crippen LogP) is 1.69. The molecular formula is C11H7IN2O7. The lowest BCUT2D eigenvalue weighted by molar-refractivity contribution is -0.394. The van der Waals surface area contributed by atoms with Crippen LogP contribution in [-0.4, -0.2) is 25.0 Å². The third kappa shape index (κ3) is 4.28. The van der Waals surface area contributed by atoms with E-state index in [0.717, 1.165) is 6.07 Å². The molecule has 0 bridgehead atoms. The number of nitrogens with zero attached hydrogens (tertiary/aromatic N) is 2. The van der Waals surface area contributed by atoms with Gasteiger partial charge in [0.1, 0.15) is 0 Å². The number of phenolic OH excluding ortho intramolecular Hbond substituents is 1. The minimum absolute atomic E-state index is 0.290. The van der Waals surface area contributed by atoms with E-state index in [4.69, 9.17) is 11.2 Å². The van der Waals surface area contributed by atoms with E-state index in [9.17, 15) is 30.1 Å². The minimum Gasteiger partial charge on any atom is -0.502 e. The van der Waals surface area contributed by atoms with Gasteiger partial charge in [-0.15, -0.1) is 6.42 Å². The highest BCUT2D eigenvalue weighted by molar-refractivity contribution is 14.1. The Morgan fingerprint density at radius 3 is 2.52 bits per heavy atom. The van der Waals surface area contributed by atoms with E-state index in [1.54, 1.807) is 22.6 Å². The van der Waals surface area contributed by atoms with Gasteiger partial charge in [-0.3, -0.25) is 25.0 Å². The standard InChI is InChI=1S/C11H7IN2O7/c1-2-9(12)21-10(15)4-6-3-7(13(17)18)5-8(11(6)16)14(19)20/h1,3,5,9,16H,4H2. The second-order valence-electron chi connectivity index (χ2n) is 3.64. The van der Waals surface area contributed by atoms with Crippen molar-refractivity contribution in [2.24, 2.45) is 0 Å². The van der Waals surface area contributed by atoms with Gasteiger partial charge in [0.05, 0.1) is 22.3 Å². The van der Waals surface area contributed by atoms with Gasteiger partial charge in [0.15, 0.2) is 5.75 Å². The summed E-state index contributed by atoms with van der Waals surface area (Å²) in [6, 6.07) is 1.47. The first-order valence-electron chi connectivity index (χ1n) is 5.20. The summed E-state index contributed by atoms with van der Waals surface area (Å²) in [5.74, 6) is 0.417. The van der Waals surface area contributed by atoms with E-state index >= 15 is 0 Å². The molecule has 0 amide bonds. The first kappa shape index (κ1) is 16.6. The molecular weight excluding hydrogens is 399 g/mol. The Morgan fingerprint density at radius 1 is 1.43 bits per heavy atom. The molecule has 1 aromatic rings. The topological polar surface area (TPSA) is 133 Å². The van der Waals surface area contributed by atoms with Crippen molar-refractivity contribution >= 4 is 39.9 Å². The van der Waals surface area contributed by atoms with E-state index in [1.165, 1.54) is 0 Å². The number of terminal acetylenes is 1. The second kappa shape index (κ2) is 6.84. The van der Waals surface area contributed by atoms with E-state index in [2.05, 4.69) is 5.92 Å². The summed E-state index contributed by atoms with van der Waals surface area (Å²) in [5, 5.41) is 31.1. The number of ether oxygens (including phenoxy) is 1. The number of aromatic hydroxyl groups is 1. The second-order valence-corrected chi connectivity index (χ2v) is 4.77. The van der Waals surface area contributed by atoms with Gasteiger partial charge in [-0.2, -0.15) is 0 Å². The van der Waals surface area contributed by atoms with Crippen LogP contribution in [0.3, 0.4) is 0 Å². The van der Waals surface area contributed by atoms with Crippen molar-refractivity contribution in [2.45, 2.75) is 10.5 Å². The van der Waals surface area contributed by atoms with Gasteiger partial charge >= 0.3 is 11.7 Å². The molecule has 0 aliphatic rings. The lowest BCUT2D eigenvalue weighted by atomic mass is 10.1. The van der Waals surface area contributed by atoms with Crippen molar-refractivity contribution < 1.29 is 24.5 Å². The number of rotatable bonds is 5. The number of hydrogen-bond acceptors (Lipinski definition) is 7. The number of esters is 1. The van der Waals surface area contributed by atoms with Gasteiger partial charge in [0.25, 0.3) is 5.69 Å². The van der Waals surface area contributed by atoms with Gasteiger partial charge in [-0.25, -0.2) is 0 Å². The van der Waals surface area contributed by atoms with Crippen LogP contribution in [0.25, 0.3) is 0 Å². The predicted molar refractivity (Wildman–Crippen MR) is 77.9 cm³/mol. The van der Waals surface area contributed by atoms with Crippen molar-refractivity contribution in [2.75, 3.05) is 0 Å². The molecule has 0 heterocycles. The van der Waals surface area contributed by atoms with Crippen LogP contribution in [0.1, 0.15) is 5.56 Å². The highest BCUT2D eigenvalue weighted by Crippen LogP contribution is 2.34. The molecule has 0 saturated heterocycles. The normalized spacial score (nSPS) is 11.2. The Labute approximate surface area is 131 Å². The molecule has 0 aliphatic heterocycles. The SMILES string of the molecule is C#CC(I)OC(=O)Cc1cc([N+](=O)[O-])cc([N+](=O)[O-])c1O. The van der Waals surface area contributed by atoms with Crippen molar-refractivity contribution in [3.05, 3.63) is 37.9 Å². The molecule has 0 spiro atoms. The van der Waals surface area contributed by atoms with E-state index in [0.29, 0.717) is 6.07 Å². The number of nitro benzene ring substituents is 2. The third-order valence-corrected chi connectivity index (χ3v) is 2.88. The van der Waals surface area contributed by atoms with Gasteiger partial charge in [-0.1, -0.05) is 5.92 Å². The zero-order chi connectivity index (χ0) is 16.2. The Bertz CT molecular complexity index is 653. The van der Waals surface area contributed by atoms with Crippen LogP contribution in [0.5, 0.6) is 5.75 Å². The fraction of sp³-hybridized carbons (Fsp3) is 0.182. The highest BCUT2D eigenvalue weighted by Gasteiger charge is 2.25. The summed E-state index contributed by atoms with van der Waals surface area (Å²) in [6.45, 7) is 0. The Balaban J connectivity index is 3.17. The summed E-state index contributed by atoms with van der Waals surface area (Å²) >= 11 is 1.65. The fourth-order valence-corrected chi connectivity index (χ4v) is 1.67. The molecule has 1 atom stereocenters. The zero-order valence-corrected chi connectivity index (χ0v) is 12.3. The number of carbonyl (C=O) groups is 1. The van der Waals surface area contributed by atoms with Crippen LogP contribution < -0.4 is 0 Å². The van der Waals surface area contributed by atoms with Crippen LogP contribution in [0.15, 0.2) is 12.1 Å². The molecule has 1 aromatic carbocycles. The first-order valence-corrected chi connectivity index (χ1v) is 6.45. The Hall–Kier alpha value is -2.42. The molecule has 1 unspecified atom stereocenters. The number of hydrogen-bond donors (Lipinski definition) is 1. The first-order chi connectivity index (χ1) is 9.76. The van der Waals surface area contributed by atoms with Gasteiger partial charge in [0, 0.05) is 11.6 Å². The van der Waals surface area contributed by atoms with Crippen LogP contribution in [0.4, 0.5) is 11.4 Å². The molecule has 0 aromatic heterocycles. The van der Waals surface area contributed by atoms with E-state index in [1.807, 2.05) is 0 Å². The van der Waals surface area contributed by atoms with Crippen molar-refractivity contribution in [3.63, 3.8) is 0 Å². The van der Waals surface area contributed by atoms with Crippen LogP contribution >= 0.6 is 22.6 Å². The van der Waals surface area contributed by atoms with Crippen LogP contribution in [0, 0.1) is 32.6 Å². The van der Waals surface area contributed by atoms with E-state index < -0.39 is 43.5 Å². The molecule has 110 valence electrons. The molecule has 9 nitrogen and oxygen atoms in total. The molecule has 0 aliphatic carbocycles. The number of carbonyl (C=O) groups excluding carboxylic acids is 1. The number of phenols is 1. The number of halogens is 1. The molecule has 0 radical (unpaired) electrons. The quantitative estimate of drug-likeness (QED) is 0.197. The maximum Gasteiger partial charge on any atom is 0.317 e. The lowest BCUT2D eigenvalue weighted by Crippen LogP contribution is -2.13. The van der Waals surface area contributed by atoms with Gasteiger partial charge in [0.2, 0.25) is 4.11 Å². The fourth-order valence-electron chi connectivity index (χ4n) is 1.39. The average molecular weight is 406 g/mol. The largest absolute Gasteiger partial charge is 0.502 e. The Kier molecular flexibility index (Phi) is 5.42. The summed E-state index contributed by atoms with van der Waals surface area (Å²) in [7, 11) is 0. The van der Waals surface area contributed by atoms with Gasteiger partial charge in [-0.05, 0) is 22.6 Å². The van der Waals surface area contributed by atoms with Gasteiger partial charge < -0.3 is 9.84 Å². The number of nitro groups is 2. The smallest absolute Gasteiger partial charge is 0.317 e. The van der Waals surface area contributed by atoms with Crippen molar-refractivity contribution in [3.8, 4) is 18.1 Å².